The number of aryl methyl sites for hydroxylation is 1. The maximum atomic E-state index is 11.0. The van der Waals surface area contributed by atoms with Gasteiger partial charge in [-0.15, -0.1) is 0 Å². The zero-order chi connectivity index (χ0) is 21.8. The van der Waals surface area contributed by atoms with E-state index < -0.39 is 5.97 Å². The summed E-state index contributed by atoms with van der Waals surface area (Å²) in [6.07, 6.45) is 4.26. The molecule has 1 N–H and O–H groups in total. The SMILES string of the molecule is CCCc1ccc(OCc2ccc3c(c2)OCC(CN2CC(C(=O)O)C2)=C3)c(OC)c1. The molecular weight excluding hydrogens is 394 g/mol. The third-order valence-corrected chi connectivity index (χ3v) is 5.74. The number of fused-ring (bicyclic) bond motifs is 1. The Bertz CT molecular complexity index is 978. The van der Waals surface area contributed by atoms with E-state index in [1.165, 1.54) is 5.56 Å². The Balaban J connectivity index is 1.36. The highest BCUT2D eigenvalue weighted by Crippen LogP contribution is 2.32. The molecule has 1 saturated heterocycles. The van der Waals surface area contributed by atoms with Gasteiger partial charge < -0.3 is 19.3 Å². The summed E-state index contributed by atoms with van der Waals surface area (Å²) >= 11 is 0. The summed E-state index contributed by atoms with van der Waals surface area (Å²) in [7, 11) is 1.66. The van der Waals surface area contributed by atoms with Crippen LogP contribution in [0.1, 0.15) is 30.0 Å². The summed E-state index contributed by atoms with van der Waals surface area (Å²) in [5, 5.41) is 9.01. The molecular formula is C25H29NO5. The van der Waals surface area contributed by atoms with Gasteiger partial charge in [0.05, 0.1) is 13.0 Å². The molecule has 6 heteroatoms. The quantitative estimate of drug-likeness (QED) is 0.657. The first kappa shape index (κ1) is 21.2. The molecule has 2 aromatic carbocycles. The Labute approximate surface area is 183 Å². The van der Waals surface area contributed by atoms with Gasteiger partial charge in [0, 0.05) is 25.2 Å². The summed E-state index contributed by atoms with van der Waals surface area (Å²) in [4.78, 5) is 13.1. The molecule has 0 radical (unpaired) electrons. The number of carboxylic acids is 1. The van der Waals surface area contributed by atoms with Crippen LogP contribution in [-0.4, -0.2) is 49.3 Å². The molecule has 2 aliphatic heterocycles. The molecule has 2 aliphatic rings. The van der Waals surface area contributed by atoms with Gasteiger partial charge in [-0.1, -0.05) is 31.5 Å². The molecule has 0 saturated carbocycles. The second-order valence-corrected chi connectivity index (χ2v) is 8.22. The molecule has 1 fully saturated rings. The fourth-order valence-corrected chi connectivity index (χ4v) is 4.01. The summed E-state index contributed by atoms with van der Waals surface area (Å²) in [6, 6.07) is 12.2. The monoisotopic (exact) mass is 423 g/mol. The van der Waals surface area contributed by atoms with Gasteiger partial charge >= 0.3 is 5.97 Å². The van der Waals surface area contributed by atoms with Crippen molar-refractivity contribution in [2.24, 2.45) is 5.92 Å². The highest BCUT2D eigenvalue weighted by Gasteiger charge is 2.32. The lowest BCUT2D eigenvalue weighted by molar-refractivity contribution is -0.147. The number of hydrogen-bond acceptors (Lipinski definition) is 5. The van der Waals surface area contributed by atoms with Gasteiger partial charge in [0.1, 0.15) is 19.0 Å². The van der Waals surface area contributed by atoms with E-state index in [1.54, 1.807) is 7.11 Å². The van der Waals surface area contributed by atoms with Gasteiger partial charge in [-0.05, 0) is 47.4 Å². The molecule has 0 atom stereocenters. The van der Waals surface area contributed by atoms with Crippen molar-refractivity contribution in [2.45, 2.75) is 26.4 Å². The van der Waals surface area contributed by atoms with E-state index in [0.29, 0.717) is 26.3 Å². The van der Waals surface area contributed by atoms with Crippen LogP contribution in [0, 0.1) is 5.92 Å². The van der Waals surface area contributed by atoms with Crippen LogP contribution in [0.15, 0.2) is 42.0 Å². The second-order valence-electron chi connectivity index (χ2n) is 8.22. The Kier molecular flexibility index (Phi) is 6.47. The molecule has 2 aromatic rings. The smallest absolute Gasteiger partial charge is 0.309 e. The van der Waals surface area contributed by atoms with Crippen LogP contribution in [0.2, 0.25) is 0 Å². The number of rotatable bonds is 9. The van der Waals surface area contributed by atoms with E-state index in [9.17, 15) is 4.79 Å². The van der Waals surface area contributed by atoms with Crippen molar-refractivity contribution in [2.75, 3.05) is 33.4 Å². The number of likely N-dealkylation sites (tertiary alicyclic amines) is 1. The molecule has 2 heterocycles. The normalized spacial score (nSPS) is 16.0. The van der Waals surface area contributed by atoms with E-state index in [1.807, 2.05) is 30.3 Å². The van der Waals surface area contributed by atoms with E-state index in [4.69, 9.17) is 19.3 Å². The van der Waals surface area contributed by atoms with Gasteiger partial charge in [-0.25, -0.2) is 0 Å². The average Bonchev–Trinajstić information content (AvgIpc) is 2.74. The third-order valence-electron chi connectivity index (χ3n) is 5.74. The molecule has 6 nitrogen and oxygen atoms in total. The van der Waals surface area contributed by atoms with Crippen molar-refractivity contribution >= 4 is 12.0 Å². The topological polar surface area (TPSA) is 68.2 Å². The summed E-state index contributed by atoms with van der Waals surface area (Å²) in [5.74, 6) is 1.39. The maximum absolute atomic E-state index is 11.0. The Hall–Kier alpha value is -2.99. The number of nitrogens with zero attached hydrogens (tertiary/aromatic N) is 1. The summed E-state index contributed by atoms with van der Waals surface area (Å²) in [5.41, 5.74) is 4.48. The van der Waals surface area contributed by atoms with E-state index in [2.05, 4.69) is 24.0 Å². The molecule has 0 unspecified atom stereocenters. The summed E-state index contributed by atoms with van der Waals surface area (Å²) in [6.45, 7) is 5.09. The molecule has 0 bridgehead atoms. The Morgan fingerprint density at radius 1 is 1.16 bits per heavy atom. The first-order chi connectivity index (χ1) is 15.1. The number of methoxy groups -OCH3 is 1. The van der Waals surface area contributed by atoms with Crippen LogP contribution in [-0.2, 0) is 17.8 Å². The van der Waals surface area contributed by atoms with Gasteiger partial charge in [0.2, 0.25) is 0 Å². The molecule has 31 heavy (non-hydrogen) atoms. The minimum Gasteiger partial charge on any atom is -0.493 e. The fourth-order valence-electron chi connectivity index (χ4n) is 4.01. The van der Waals surface area contributed by atoms with E-state index in [0.717, 1.165) is 53.3 Å². The zero-order valence-corrected chi connectivity index (χ0v) is 18.1. The third kappa shape index (κ3) is 5.02. The minimum absolute atomic E-state index is 0.235. The number of benzene rings is 2. The molecule has 0 aromatic heterocycles. The maximum Gasteiger partial charge on any atom is 0.309 e. The molecule has 0 aliphatic carbocycles. The van der Waals surface area contributed by atoms with Crippen molar-refractivity contribution < 1.29 is 24.1 Å². The number of carbonyl (C=O) groups is 1. The van der Waals surface area contributed by atoms with Crippen LogP contribution >= 0.6 is 0 Å². The second kappa shape index (κ2) is 9.43. The van der Waals surface area contributed by atoms with Crippen molar-refractivity contribution in [3.8, 4) is 17.2 Å². The average molecular weight is 424 g/mol. The van der Waals surface area contributed by atoms with Gasteiger partial charge in [-0.2, -0.15) is 0 Å². The number of carboxylic acid groups (broad SMARTS) is 1. The lowest BCUT2D eigenvalue weighted by Crippen LogP contribution is -2.51. The lowest BCUT2D eigenvalue weighted by Gasteiger charge is -2.37. The van der Waals surface area contributed by atoms with Crippen molar-refractivity contribution in [3.63, 3.8) is 0 Å². The van der Waals surface area contributed by atoms with Gasteiger partial charge in [0.15, 0.2) is 11.5 Å². The largest absolute Gasteiger partial charge is 0.493 e. The molecule has 0 spiro atoms. The lowest BCUT2D eigenvalue weighted by atomic mass is 9.98. The van der Waals surface area contributed by atoms with Crippen LogP contribution < -0.4 is 14.2 Å². The van der Waals surface area contributed by atoms with Crippen molar-refractivity contribution in [1.29, 1.82) is 0 Å². The molecule has 0 amide bonds. The number of ether oxygens (including phenoxy) is 3. The van der Waals surface area contributed by atoms with E-state index >= 15 is 0 Å². The van der Waals surface area contributed by atoms with Crippen LogP contribution in [0.5, 0.6) is 17.2 Å². The number of aliphatic carboxylic acids is 1. The van der Waals surface area contributed by atoms with Crippen LogP contribution in [0.3, 0.4) is 0 Å². The van der Waals surface area contributed by atoms with Gasteiger partial charge in [-0.3, -0.25) is 9.69 Å². The number of hydrogen-bond donors (Lipinski definition) is 1. The first-order valence-corrected chi connectivity index (χ1v) is 10.8. The Morgan fingerprint density at radius 2 is 1.97 bits per heavy atom. The molecule has 164 valence electrons. The van der Waals surface area contributed by atoms with Crippen molar-refractivity contribution in [1.82, 2.24) is 4.90 Å². The highest BCUT2D eigenvalue weighted by atomic mass is 16.5. The molecule has 4 rings (SSSR count). The standard InChI is InChI=1S/C25H29NO5/c1-3-4-17-6-8-22(24(10-17)29-2)30-15-18-5-7-20-9-19(16-31-23(20)11-18)12-26-13-21(14-26)25(27)28/h5-11,21H,3-4,12-16H2,1-2H3,(H,27,28). The van der Waals surface area contributed by atoms with Crippen LogP contribution in [0.25, 0.3) is 6.08 Å². The highest BCUT2D eigenvalue weighted by molar-refractivity contribution is 5.71. The minimum atomic E-state index is -0.709. The summed E-state index contributed by atoms with van der Waals surface area (Å²) < 4.78 is 17.5. The van der Waals surface area contributed by atoms with E-state index in [-0.39, 0.29) is 5.92 Å². The van der Waals surface area contributed by atoms with Crippen LogP contribution in [0.4, 0.5) is 0 Å². The first-order valence-electron chi connectivity index (χ1n) is 10.8. The predicted octanol–water partition coefficient (Wildman–Crippen LogP) is 4.02. The fraction of sp³-hybridized carbons (Fsp3) is 0.400. The zero-order valence-electron chi connectivity index (χ0n) is 18.1. The Morgan fingerprint density at radius 3 is 2.71 bits per heavy atom. The predicted molar refractivity (Wildman–Crippen MR) is 119 cm³/mol. The van der Waals surface area contributed by atoms with Gasteiger partial charge in [0.25, 0.3) is 0 Å². The van der Waals surface area contributed by atoms with Crippen molar-refractivity contribution in [3.05, 3.63) is 58.7 Å².